The summed E-state index contributed by atoms with van der Waals surface area (Å²) < 4.78 is 71.1. The molecule has 238 valence electrons. The molecule has 9 nitrogen and oxygen atoms in total. The first-order chi connectivity index (χ1) is 20.5. The second-order valence-electron chi connectivity index (χ2n) is 12.5. The van der Waals surface area contributed by atoms with Crippen LogP contribution in [0.4, 0.5) is 28.2 Å². The molecule has 1 amide bonds. The third-order valence-electron chi connectivity index (χ3n) is 7.50. The van der Waals surface area contributed by atoms with Gasteiger partial charge in [0, 0.05) is 24.3 Å². The summed E-state index contributed by atoms with van der Waals surface area (Å²) in [6.07, 6.45) is -2.39. The van der Waals surface area contributed by atoms with Crippen molar-refractivity contribution in [1.29, 1.82) is 0 Å². The Kier molecular flexibility index (Phi) is 8.36. The van der Waals surface area contributed by atoms with Crippen LogP contribution < -0.4 is 9.64 Å². The van der Waals surface area contributed by atoms with Crippen molar-refractivity contribution in [2.45, 2.75) is 96.4 Å². The first kappa shape index (κ1) is 32.0. The van der Waals surface area contributed by atoms with Crippen molar-refractivity contribution in [2.75, 3.05) is 24.2 Å². The van der Waals surface area contributed by atoms with Gasteiger partial charge in [-0.2, -0.15) is 13.2 Å². The van der Waals surface area contributed by atoms with Gasteiger partial charge in [0.05, 0.1) is 29.4 Å². The molecule has 14 heteroatoms. The molecule has 5 rings (SSSR count). The van der Waals surface area contributed by atoms with Crippen molar-refractivity contribution in [3.8, 4) is 17.1 Å². The molecule has 2 aliphatic rings. The highest BCUT2D eigenvalue weighted by molar-refractivity contribution is 7.98. The van der Waals surface area contributed by atoms with E-state index in [2.05, 4.69) is 15.0 Å². The zero-order valence-corrected chi connectivity index (χ0v) is 26.8. The lowest BCUT2D eigenvalue weighted by Gasteiger charge is -2.42. The number of alkyl halides is 3. The van der Waals surface area contributed by atoms with Crippen molar-refractivity contribution in [1.82, 2.24) is 24.8 Å². The number of anilines is 1. The Morgan fingerprint density at radius 3 is 2.23 bits per heavy atom. The normalized spacial score (nSPS) is 18.8. The molecule has 0 spiro atoms. The first-order valence-electron chi connectivity index (χ1n) is 14.4. The number of hydrogen-bond donors (Lipinski definition) is 0. The minimum absolute atomic E-state index is 0.0729. The molecule has 2 atom stereocenters. The smallest absolute Gasteiger partial charge is 0.418 e. The van der Waals surface area contributed by atoms with E-state index in [0.29, 0.717) is 18.9 Å². The summed E-state index contributed by atoms with van der Waals surface area (Å²) in [6.45, 7) is 12.5. The van der Waals surface area contributed by atoms with Gasteiger partial charge in [0.2, 0.25) is 5.88 Å². The third-order valence-corrected chi connectivity index (χ3v) is 8.04. The van der Waals surface area contributed by atoms with E-state index in [1.807, 2.05) is 25.7 Å². The Balaban J connectivity index is 1.70. The van der Waals surface area contributed by atoms with Gasteiger partial charge in [0.1, 0.15) is 28.0 Å². The third kappa shape index (κ3) is 6.09. The number of ether oxygens (including phenoxy) is 2. The van der Waals surface area contributed by atoms with E-state index >= 15 is 4.39 Å². The molecule has 2 unspecified atom stereocenters. The lowest BCUT2D eigenvalue weighted by atomic mass is 10.00. The molecular weight excluding hydrogens is 600 g/mol. The minimum atomic E-state index is -4.81. The van der Waals surface area contributed by atoms with Gasteiger partial charge in [-0.05, 0) is 73.6 Å². The van der Waals surface area contributed by atoms with Crippen molar-refractivity contribution in [3.63, 3.8) is 0 Å². The van der Waals surface area contributed by atoms with E-state index in [-0.39, 0.29) is 51.5 Å². The topological polar surface area (TPSA) is 93.6 Å². The summed E-state index contributed by atoms with van der Waals surface area (Å²) in [4.78, 5) is 34.3. The number of hydrogen-bond acceptors (Lipinski definition) is 9. The fraction of sp³-hybridized carbons (Fsp3) is 0.567. The van der Waals surface area contributed by atoms with Gasteiger partial charge in [0.15, 0.2) is 11.0 Å². The number of amides is 1. The minimum Gasteiger partial charge on any atom is -0.474 e. The molecule has 3 aromatic rings. The molecule has 0 aliphatic carbocycles. The molecule has 3 aromatic heterocycles. The van der Waals surface area contributed by atoms with Crippen LogP contribution in [0.15, 0.2) is 11.2 Å². The van der Waals surface area contributed by atoms with Crippen LogP contribution in [0.5, 0.6) is 5.88 Å². The van der Waals surface area contributed by atoms with Gasteiger partial charge in [-0.15, -0.1) is 0 Å². The highest BCUT2D eigenvalue weighted by atomic mass is 32.2. The van der Waals surface area contributed by atoms with E-state index < -0.39 is 40.5 Å². The summed E-state index contributed by atoms with van der Waals surface area (Å²) in [6, 6.07) is 0.835. The molecular formula is C30H36F4N6O3S. The van der Waals surface area contributed by atoms with E-state index in [0.717, 1.165) is 12.8 Å². The number of halogens is 4. The molecule has 2 saturated heterocycles. The molecule has 0 radical (unpaired) electrons. The zero-order chi connectivity index (χ0) is 32.3. The Morgan fingerprint density at radius 1 is 1.05 bits per heavy atom. The van der Waals surface area contributed by atoms with Crippen LogP contribution >= 0.6 is 11.8 Å². The molecule has 0 aromatic carbocycles. The molecule has 2 fully saturated rings. The monoisotopic (exact) mass is 636 g/mol. The van der Waals surface area contributed by atoms with Gasteiger partial charge < -0.3 is 14.4 Å². The van der Waals surface area contributed by atoms with Crippen LogP contribution in [0.3, 0.4) is 0 Å². The average Bonchev–Trinajstić information content (AvgIpc) is 3.16. The Bertz CT molecular complexity index is 1600. The number of nitrogens with zero attached hydrogens (tertiary/aromatic N) is 6. The first-order valence-corrected chi connectivity index (χ1v) is 15.6. The van der Waals surface area contributed by atoms with E-state index in [4.69, 9.17) is 14.5 Å². The van der Waals surface area contributed by atoms with Gasteiger partial charge >= 0.3 is 12.3 Å². The van der Waals surface area contributed by atoms with Crippen LogP contribution in [0, 0.1) is 19.7 Å². The summed E-state index contributed by atoms with van der Waals surface area (Å²) in [5, 5.41) is 0.401. The maximum absolute atomic E-state index is 16.6. The number of aromatic nitrogens is 4. The lowest BCUT2D eigenvalue weighted by molar-refractivity contribution is -0.137. The van der Waals surface area contributed by atoms with Gasteiger partial charge in [-0.1, -0.05) is 11.8 Å². The molecule has 0 saturated carbocycles. The summed E-state index contributed by atoms with van der Waals surface area (Å²) in [7, 11) is 0. The van der Waals surface area contributed by atoms with Gasteiger partial charge in [0.25, 0.3) is 0 Å². The molecule has 5 heterocycles. The molecule has 2 bridgehead atoms. The Morgan fingerprint density at radius 2 is 1.68 bits per heavy atom. The number of thioether (sulfide) groups is 1. The van der Waals surface area contributed by atoms with Crippen LogP contribution in [0.1, 0.15) is 64.4 Å². The summed E-state index contributed by atoms with van der Waals surface area (Å²) in [5.41, 5.74) is -2.88. The molecule has 2 aliphatic heterocycles. The van der Waals surface area contributed by atoms with Crippen LogP contribution in [0.2, 0.25) is 0 Å². The van der Waals surface area contributed by atoms with E-state index in [1.165, 1.54) is 24.8 Å². The van der Waals surface area contributed by atoms with Crippen LogP contribution in [-0.4, -0.2) is 74.1 Å². The maximum Gasteiger partial charge on any atom is 0.418 e. The predicted octanol–water partition coefficient (Wildman–Crippen LogP) is 6.96. The second kappa shape index (κ2) is 11.5. The largest absolute Gasteiger partial charge is 0.474 e. The maximum atomic E-state index is 16.6. The average molecular weight is 637 g/mol. The standard InChI is InChI=1S/C30H36F4N6O3S/c1-14(2)42-26-20-24(22(31)23(36-26)19-11-15(3)35-16(4)21(19)30(32,33)34)37-27(44-8)38-25(20)39-12-17-9-10-18(13-39)40(17)28(41)43-29(5,6)7/h11,14,17-18H,9-10,12-13H2,1-8H3. The Hall–Kier alpha value is -3.42. The van der Waals surface area contributed by atoms with Crippen molar-refractivity contribution >= 4 is 34.6 Å². The predicted molar refractivity (Wildman–Crippen MR) is 160 cm³/mol. The lowest BCUT2D eigenvalue weighted by Crippen LogP contribution is -2.57. The van der Waals surface area contributed by atoms with Gasteiger partial charge in [-0.25, -0.2) is 24.1 Å². The second-order valence-corrected chi connectivity index (χ2v) is 13.2. The fourth-order valence-electron chi connectivity index (χ4n) is 5.97. The number of aryl methyl sites for hydroxylation is 2. The molecule has 44 heavy (non-hydrogen) atoms. The van der Waals surface area contributed by atoms with Crippen molar-refractivity contribution in [2.24, 2.45) is 0 Å². The number of piperazine rings is 1. The highest BCUT2D eigenvalue weighted by Gasteiger charge is 2.45. The van der Waals surface area contributed by atoms with Crippen LogP contribution in [0.25, 0.3) is 22.2 Å². The highest BCUT2D eigenvalue weighted by Crippen LogP contribution is 2.44. The van der Waals surface area contributed by atoms with E-state index in [9.17, 15) is 18.0 Å². The Labute approximate surface area is 257 Å². The molecule has 0 N–H and O–H groups in total. The van der Waals surface area contributed by atoms with Gasteiger partial charge in [-0.3, -0.25) is 9.88 Å². The number of pyridine rings is 2. The van der Waals surface area contributed by atoms with E-state index in [1.54, 1.807) is 31.9 Å². The van der Waals surface area contributed by atoms with Crippen molar-refractivity contribution < 1.29 is 31.8 Å². The zero-order valence-electron chi connectivity index (χ0n) is 26.0. The number of carbonyl (C=O) groups excluding carboxylic acids is 1. The SMILES string of the molecule is CSc1nc(N2CC3CCC(C2)N3C(=O)OC(C)(C)C)c2c(OC(C)C)nc(-c3cc(C)nc(C)c3C(F)(F)F)c(F)c2n1. The fourth-order valence-corrected chi connectivity index (χ4v) is 6.33. The summed E-state index contributed by atoms with van der Waals surface area (Å²) in [5.74, 6) is -0.732. The van der Waals surface area contributed by atoms with Crippen molar-refractivity contribution in [3.05, 3.63) is 28.8 Å². The number of carbonyl (C=O) groups is 1. The number of rotatable bonds is 5. The number of fused-ring (bicyclic) bond motifs is 3. The summed E-state index contributed by atoms with van der Waals surface area (Å²) >= 11 is 1.18. The quantitative estimate of drug-likeness (QED) is 0.167. The van der Waals surface area contributed by atoms with Crippen LogP contribution in [-0.2, 0) is 10.9 Å².